The van der Waals surface area contributed by atoms with E-state index >= 15 is 0 Å². The molecule has 0 amide bonds. The molecule has 0 N–H and O–H groups in total. The van der Waals surface area contributed by atoms with E-state index in [0.29, 0.717) is 5.69 Å². The molecule has 0 aliphatic heterocycles. The Hall–Kier alpha value is -1.71. The molecule has 0 fully saturated rings. The summed E-state index contributed by atoms with van der Waals surface area (Å²) in [5.74, 6) is -0.0103. The molecule has 72 valence electrons. The normalized spacial score (nSPS) is 10.8. The zero-order valence-electron chi connectivity index (χ0n) is 8.40. The highest BCUT2D eigenvalue weighted by Gasteiger charge is 2.11. The Balaban J connectivity index is 2.79. The van der Waals surface area contributed by atoms with Gasteiger partial charge in [0.15, 0.2) is 5.78 Å². The Morgan fingerprint density at radius 1 is 1.43 bits per heavy atom. The van der Waals surface area contributed by atoms with Crippen LogP contribution in [0, 0.1) is 13.8 Å². The number of carbonyl (C=O) groups excluding carboxylic acids is 1. The summed E-state index contributed by atoms with van der Waals surface area (Å²) in [6.45, 7) is 5.29. The third-order valence-corrected chi connectivity index (χ3v) is 2.23. The molecule has 2 aromatic rings. The van der Waals surface area contributed by atoms with Crippen molar-refractivity contribution in [2.75, 3.05) is 0 Å². The average Bonchev–Trinajstić information content (AvgIpc) is 2.43. The van der Waals surface area contributed by atoms with E-state index in [1.807, 2.05) is 24.3 Å². The number of Topliss-reactive ketones (excluding diaryl/α,β-unsaturated/α-hetero) is 1. The van der Waals surface area contributed by atoms with Gasteiger partial charge in [0.25, 0.3) is 0 Å². The van der Waals surface area contributed by atoms with Crippen LogP contribution in [0.5, 0.6) is 0 Å². The molecule has 0 spiro atoms. The minimum atomic E-state index is -0.0103. The summed E-state index contributed by atoms with van der Waals surface area (Å²) in [5, 5.41) is 0. The van der Waals surface area contributed by atoms with Gasteiger partial charge in [-0.15, -0.1) is 0 Å². The lowest BCUT2D eigenvalue weighted by molar-refractivity contribution is 0.101. The quantitative estimate of drug-likeness (QED) is 0.639. The van der Waals surface area contributed by atoms with Crippen LogP contribution in [0.15, 0.2) is 12.4 Å². The minimum absolute atomic E-state index is 0.0103. The first-order valence-corrected chi connectivity index (χ1v) is 4.42. The summed E-state index contributed by atoms with van der Waals surface area (Å²) in [5.41, 5.74) is 3.05. The van der Waals surface area contributed by atoms with Crippen LogP contribution >= 0.6 is 0 Å². The van der Waals surface area contributed by atoms with E-state index in [1.54, 1.807) is 6.33 Å². The standard InChI is InChI=1S/C10H11N3O/c1-6-4-9-12-10(8(3)14)7(2)13(9)5-11-6/h4-5H,1-3H3. The summed E-state index contributed by atoms with van der Waals surface area (Å²) >= 11 is 0. The van der Waals surface area contributed by atoms with E-state index in [-0.39, 0.29) is 5.78 Å². The maximum absolute atomic E-state index is 11.2. The van der Waals surface area contributed by atoms with E-state index in [9.17, 15) is 4.79 Å². The molecule has 2 heterocycles. The predicted molar refractivity (Wildman–Crippen MR) is 52.5 cm³/mol. The van der Waals surface area contributed by atoms with E-state index in [0.717, 1.165) is 17.0 Å². The van der Waals surface area contributed by atoms with Crippen LogP contribution in [0.25, 0.3) is 5.65 Å². The van der Waals surface area contributed by atoms with Crippen LogP contribution in [0.1, 0.15) is 28.8 Å². The molecular weight excluding hydrogens is 178 g/mol. The maximum Gasteiger partial charge on any atom is 0.179 e. The van der Waals surface area contributed by atoms with Crippen LogP contribution in [-0.4, -0.2) is 20.2 Å². The number of rotatable bonds is 1. The summed E-state index contributed by atoms with van der Waals surface area (Å²) in [4.78, 5) is 19.6. The Morgan fingerprint density at radius 3 is 2.79 bits per heavy atom. The Labute approximate surface area is 81.6 Å². The van der Waals surface area contributed by atoms with Crippen LogP contribution in [0.3, 0.4) is 0 Å². The summed E-state index contributed by atoms with van der Waals surface area (Å²) in [7, 11) is 0. The lowest BCUT2D eigenvalue weighted by Crippen LogP contribution is -1.96. The molecule has 0 saturated carbocycles. The fraction of sp³-hybridized carbons (Fsp3) is 0.300. The highest BCUT2D eigenvalue weighted by Crippen LogP contribution is 2.11. The van der Waals surface area contributed by atoms with Crippen molar-refractivity contribution in [3.05, 3.63) is 29.5 Å². The number of imidazole rings is 1. The molecular formula is C10H11N3O. The van der Waals surface area contributed by atoms with Crippen molar-refractivity contribution in [2.45, 2.75) is 20.8 Å². The Morgan fingerprint density at radius 2 is 2.14 bits per heavy atom. The third kappa shape index (κ3) is 1.19. The molecule has 2 rings (SSSR count). The summed E-state index contributed by atoms with van der Waals surface area (Å²) in [6, 6.07) is 1.86. The van der Waals surface area contributed by atoms with Crippen molar-refractivity contribution >= 4 is 11.4 Å². The number of nitrogens with zero attached hydrogens (tertiary/aromatic N) is 3. The summed E-state index contributed by atoms with van der Waals surface area (Å²) < 4.78 is 1.82. The fourth-order valence-corrected chi connectivity index (χ4v) is 1.49. The molecule has 0 bridgehead atoms. The van der Waals surface area contributed by atoms with E-state index in [2.05, 4.69) is 9.97 Å². The van der Waals surface area contributed by atoms with Gasteiger partial charge in [0.2, 0.25) is 0 Å². The predicted octanol–water partition coefficient (Wildman–Crippen LogP) is 1.55. The van der Waals surface area contributed by atoms with Crippen LogP contribution in [0.4, 0.5) is 0 Å². The second-order valence-corrected chi connectivity index (χ2v) is 3.36. The monoisotopic (exact) mass is 189 g/mol. The highest BCUT2D eigenvalue weighted by atomic mass is 16.1. The first kappa shape index (κ1) is 8.87. The van der Waals surface area contributed by atoms with Crippen molar-refractivity contribution in [2.24, 2.45) is 0 Å². The molecule has 4 nitrogen and oxygen atoms in total. The van der Waals surface area contributed by atoms with E-state index in [4.69, 9.17) is 0 Å². The van der Waals surface area contributed by atoms with Crippen LogP contribution < -0.4 is 0 Å². The molecule has 14 heavy (non-hydrogen) atoms. The Kier molecular flexibility index (Phi) is 1.84. The van der Waals surface area contributed by atoms with Crippen molar-refractivity contribution in [1.29, 1.82) is 0 Å². The number of hydrogen-bond donors (Lipinski definition) is 0. The molecule has 0 saturated heterocycles. The molecule has 0 aliphatic rings. The molecule has 0 aliphatic carbocycles. The van der Waals surface area contributed by atoms with Crippen molar-refractivity contribution < 1.29 is 4.79 Å². The second-order valence-electron chi connectivity index (χ2n) is 3.36. The average molecular weight is 189 g/mol. The first-order valence-electron chi connectivity index (χ1n) is 4.42. The number of carbonyl (C=O) groups is 1. The zero-order chi connectivity index (χ0) is 10.3. The van der Waals surface area contributed by atoms with E-state index in [1.165, 1.54) is 6.92 Å². The number of fused-ring (bicyclic) bond motifs is 1. The van der Waals surface area contributed by atoms with Gasteiger partial charge in [-0.25, -0.2) is 9.97 Å². The topological polar surface area (TPSA) is 47.3 Å². The van der Waals surface area contributed by atoms with Gasteiger partial charge in [-0.05, 0) is 13.8 Å². The van der Waals surface area contributed by atoms with Gasteiger partial charge in [-0.3, -0.25) is 9.20 Å². The molecule has 4 heteroatoms. The summed E-state index contributed by atoms with van der Waals surface area (Å²) in [6.07, 6.45) is 1.69. The highest BCUT2D eigenvalue weighted by molar-refractivity contribution is 5.94. The molecule has 2 aromatic heterocycles. The van der Waals surface area contributed by atoms with Crippen LogP contribution in [0.2, 0.25) is 0 Å². The molecule has 0 unspecified atom stereocenters. The van der Waals surface area contributed by atoms with Gasteiger partial charge < -0.3 is 0 Å². The lowest BCUT2D eigenvalue weighted by Gasteiger charge is -1.95. The smallest absolute Gasteiger partial charge is 0.179 e. The van der Waals surface area contributed by atoms with Gasteiger partial charge in [-0.2, -0.15) is 0 Å². The lowest BCUT2D eigenvalue weighted by atomic mass is 10.3. The molecule has 0 radical (unpaired) electrons. The maximum atomic E-state index is 11.2. The van der Waals surface area contributed by atoms with Gasteiger partial charge in [0.1, 0.15) is 17.7 Å². The minimum Gasteiger partial charge on any atom is -0.293 e. The van der Waals surface area contributed by atoms with E-state index < -0.39 is 0 Å². The number of aromatic nitrogens is 3. The van der Waals surface area contributed by atoms with Gasteiger partial charge in [0.05, 0.1) is 5.69 Å². The second kappa shape index (κ2) is 2.90. The Bertz CT molecular complexity index is 513. The molecule has 0 aromatic carbocycles. The van der Waals surface area contributed by atoms with Gasteiger partial charge in [0, 0.05) is 18.7 Å². The van der Waals surface area contributed by atoms with Gasteiger partial charge >= 0.3 is 0 Å². The number of aryl methyl sites for hydroxylation is 2. The number of hydrogen-bond acceptors (Lipinski definition) is 3. The van der Waals surface area contributed by atoms with Crippen LogP contribution in [-0.2, 0) is 0 Å². The first-order chi connectivity index (χ1) is 6.59. The van der Waals surface area contributed by atoms with Gasteiger partial charge in [-0.1, -0.05) is 0 Å². The zero-order valence-corrected chi connectivity index (χ0v) is 8.40. The van der Waals surface area contributed by atoms with Crippen molar-refractivity contribution in [1.82, 2.24) is 14.4 Å². The van der Waals surface area contributed by atoms with Crippen molar-refractivity contribution in [3.8, 4) is 0 Å². The van der Waals surface area contributed by atoms with Crippen molar-refractivity contribution in [3.63, 3.8) is 0 Å². The molecule has 0 atom stereocenters. The SMILES string of the molecule is CC(=O)c1nc2cc(C)ncn2c1C. The fourth-order valence-electron chi connectivity index (χ4n) is 1.49. The largest absolute Gasteiger partial charge is 0.293 e. The third-order valence-electron chi connectivity index (χ3n) is 2.23. The number of ketones is 1.